The Kier molecular flexibility index (Phi) is 3.03. The second-order valence-electron chi connectivity index (χ2n) is 5.99. The van der Waals surface area contributed by atoms with E-state index in [2.05, 4.69) is 15.3 Å². The highest BCUT2D eigenvalue weighted by atomic mass is 16.6. The number of fused-ring (bicyclic) bond motifs is 4. The molecule has 0 fully saturated rings. The summed E-state index contributed by atoms with van der Waals surface area (Å²) in [7, 11) is 0. The molecule has 3 heterocycles. The van der Waals surface area contributed by atoms with Gasteiger partial charge in [0.2, 0.25) is 0 Å². The van der Waals surface area contributed by atoms with Gasteiger partial charge in [0.05, 0.1) is 0 Å². The summed E-state index contributed by atoms with van der Waals surface area (Å²) in [5.74, 6) is 2.10. The van der Waals surface area contributed by atoms with E-state index in [1.54, 1.807) is 0 Å². The van der Waals surface area contributed by atoms with E-state index in [4.69, 9.17) is 13.9 Å². The van der Waals surface area contributed by atoms with Crippen LogP contribution in [0.3, 0.4) is 0 Å². The van der Waals surface area contributed by atoms with E-state index in [-0.39, 0.29) is 0 Å². The number of nitrogens with one attached hydrogen (secondary N) is 1. The van der Waals surface area contributed by atoms with Gasteiger partial charge in [-0.2, -0.15) is 0 Å². The van der Waals surface area contributed by atoms with Crippen molar-refractivity contribution in [3.8, 4) is 11.5 Å². The highest BCUT2D eigenvalue weighted by Crippen LogP contribution is 2.36. The molecule has 5 rings (SSSR count). The van der Waals surface area contributed by atoms with Crippen molar-refractivity contribution in [3.05, 3.63) is 48.3 Å². The molecular formula is C19H15N3O3. The van der Waals surface area contributed by atoms with Crippen LogP contribution >= 0.6 is 0 Å². The van der Waals surface area contributed by atoms with Crippen LogP contribution in [0.4, 0.5) is 11.5 Å². The van der Waals surface area contributed by atoms with Gasteiger partial charge in [-0.25, -0.2) is 9.97 Å². The smallest absolute Gasteiger partial charge is 0.196 e. The maximum Gasteiger partial charge on any atom is 0.196 e. The van der Waals surface area contributed by atoms with Crippen LogP contribution in [0, 0.1) is 6.92 Å². The highest BCUT2D eigenvalue weighted by Gasteiger charge is 2.15. The van der Waals surface area contributed by atoms with Crippen LogP contribution in [-0.2, 0) is 0 Å². The Bertz CT molecular complexity index is 1100. The average molecular weight is 333 g/mol. The van der Waals surface area contributed by atoms with E-state index >= 15 is 0 Å². The molecular weight excluding hydrogens is 318 g/mol. The lowest BCUT2D eigenvalue weighted by atomic mass is 10.2. The van der Waals surface area contributed by atoms with E-state index in [1.807, 2.05) is 43.3 Å². The van der Waals surface area contributed by atoms with Gasteiger partial charge in [-0.15, -0.1) is 0 Å². The molecule has 0 radical (unpaired) electrons. The maximum absolute atomic E-state index is 6.01. The standard InChI is InChI=1S/C19H15N3O3/c1-11-2-4-13-15(8-11)25-18-17(13)20-10-21-19(18)22-12-3-5-14-16(9-12)24-7-6-23-14/h2-5,8-10H,6-7H2,1H3,(H,20,21,22). The summed E-state index contributed by atoms with van der Waals surface area (Å²) in [6, 6.07) is 11.8. The first-order chi connectivity index (χ1) is 12.3. The average Bonchev–Trinajstić information content (AvgIpc) is 3.00. The number of benzene rings is 2. The van der Waals surface area contributed by atoms with Crippen molar-refractivity contribution in [1.29, 1.82) is 0 Å². The van der Waals surface area contributed by atoms with E-state index in [0.29, 0.717) is 24.6 Å². The van der Waals surface area contributed by atoms with Crippen LogP contribution < -0.4 is 14.8 Å². The molecule has 0 aliphatic carbocycles. The first-order valence-electron chi connectivity index (χ1n) is 8.08. The maximum atomic E-state index is 6.01. The van der Waals surface area contributed by atoms with Gasteiger partial charge in [0.15, 0.2) is 22.9 Å². The third kappa shape index (κ3) is 2.34. The van der Waals surface area contributed by atoms with Crippen LogP contribution in [0.1, 0.15) is 5.56 Å². The Hall–Kier alpha value is -3.28. The fourth-order valence-corrected chi connectivity index (χ4v) is 3.03. The number of aryl methyl sites for hydroxylation is 1. The van der Waals surface area contributed by atoms with Gasteiger partial charge in [-0.05, 0) is 36.8 Å². The predicted molar refractivity (Wildman–Crippen MR) is 94.8 cm³/mol. The molecule has 6 nitrogen and oxygen atoms in total. The van der Waals surface area contributed by atoms with E-state index in [9.17, 15) is 0 Å². The number of rotatable bonds is 2. The van der Waals surface area contributed by atoms with Crippen LogP contribution in [0.2, 0.25) is 0 Å². The fourth-order valence-electron chi connectivity index (χ4n) is 3.03. The van der Waals surface area contributed by atoms with Crippen molar-refractivity contribution >= 4 is 33.6 Å². The molecule has 0 unspecified atom stereocenters. The molecule has 124 valence electrons. The molecule has 6 heteroatoms. The van der Waals surface area contributed by atoms with Crippen molar-refractivity contribution in [2.45, 2.75) is 6.92 Å². The van der Waals surface area contributed by atoms with Crippen LogP contribution in [0.25, 0.3) is 22.1 Å². The summed E-state index contributed by atoms with van der Waals surface area (Å²) in [5, 5.41) is 4.27. The van der Waals surface area contributed by atoms with Crippen molar-refractivity contribution in [2.75, 3.05) is 18.5 Å². The summed E-state index contributed by atoms with van der Waals surface area (Å²) < 4.78 is 17.2. The zero-order valence-electron chi connectivity index (χ0n) is 13.6. The molecule has 25 heavy (non-hydrogen) atoms. The summed E-state index contributed by atoms with van der Waals surface area (Å²) in [6.07, 6.45) is 1.54. The number of ether oxygens (including phenoxy) is 2. The lowest BCUT2D eigenvalue weighted by Gasteiger charge is -2.19. The molecule has 0 amide bonds. The van der Waals surface area contributed by atoms with E-state index < -0.39 is 0 Å². The van der Waals surface area contributed by atoms with Gasteiger partial charge in [-0.1, -0.05) is 6.07 Å². The molecule has 1 aliphatic heterocycles. The molecule has 4 aromatic rings. The molecule has 0 saturated carbocycles. The Morgan fingerprint density at radius 3 is 2.76 bits per heavy atom. The van der Waals surface area contributed by atoms with E-state index in [0.717, 1.165) is 39.2 Å². The lowest BCUT2D eigenvalue weighted by molar-refractivity contribution is 0.171. The third-order valence-electron chi connectivity index (χ3n) is 4.21. The summed E-state index contributed by atoms with van der Waals surface area (Å²) in [5.41, 5.74) is 4.23. The molecule has 2 aromatic heterocycles. The number of hydrogen-bond acceptors (Lipinski definition) is 6. The van der Waals surface area contributed by atoms with E-state index in [1.165, 1.54) is 6.33 Å². The van der Waals surface area contributed by atoms with Crippen LogP contribution in [0.5, 0.6) is 11.5 Å². The highest BCUT2D eigenvalue weighted by molar-refractivity contribution is 6.06. The summed E-state index contributed by atoms with van der Waals surface area (Å²) in [4.78, 5) is 8.73. The summed E-state index contributed by atoms with van der Waals surface area (Å²) >= 11 is 0. The van der Waals surface area contributed by atoms with Gasteiger partial charge in [0, 0.05) is 17.1 Å². The molecule has 2 aromatic carbocycles. The van der Waals surface area contributed by atoms with Crippen LogP contribution in [-0.4, -0.2) is 23.2 Å². The Labute approximate surface area is 143 Å². The van der Waals surface area contributed by atoms with Crippen molar-refractivity contribution in [3.63, 3.8) is 0 Å². The first-order valence-corrected chi connectivity index (χ1v) is 8.08. The largest absolute Gasteiger partial charge is 0.486 e. The lowest BCUT2D eigenvalue weighted by Crippen LogP contribution is -2.15. The predicted octanol–water partition coefficient (Wildman–Crippen LogP) is 4.20. The normalized spacial score (nSPS) is 13.3. The van der Waals surface area contributed by atoms with Gasteiger partial charge >= 0.3 is 0 Å². The number of hydrogen-bond donors (Lipinski definition) is 1. The second kappa shape index (κ2) is 5.37. The number of anilines is 2. The van der Waals surface area contributed by atoms with Gasteiger partial charge in [-0.3, -0.25) is 0 Å². The van der Waals surface area contributed by atoms with Crippen LogP contribution in [0.15, 0.2) is 47.1 Å². The molecule has 0 saturated heterocycles. The van der Waals surface area contributed by atoms with Crippen molar-refractivity contribution < 1.29 is 13.9 Å². The molecule has 1 aliphatic rings. The van der Waals surface area contributed by atoms with Gasteiger partial charge in [0.1, 0.15) is 30.6 Å². The molecule has 0 spiro atoms. The minimum atomic E-state index is 0.553. The quantitative estimate of drug-likeness (QED) is 0.593. The Morgan fingerprint density at radius 2 is 1.84 bits per heavy atom. The van der Waals surface area contributed by atoms with Crippen molar-refractivity contribution in [2.24, 2.45) is 0 Å². The molecule has 1 N–H and O–H groups in total. The number of aromatic nitrogens is 2. The monoisotopic (exact) mass is 333 g/mol. The number of nitrogens with zero attached hydrogens (tertiary/aromatic N) is 2. The fraction of sp³-hybridized carbons (Fsp3) is 0.158. The zero-order valence-corrected chi connectivity index (χ0v) is 13.6. The minimum absolute atomic E-state index is 0.553. The Morgan fingerprint density at radius 1 is 0.960 bits per heavy atom. The first kappa shape index (κ1) is 14.1. The van der Waals surface area contributed by atoms with Crippen molar-refractivity contribution in [1.82, 2.24) is 9.97 Å². The molecule has 0 bridgehead atoms. The van der Waals surface area contributed by atoms with Gasteiger partial charge in [0.25, 0.3) is 0 Å². The zero-order chi connectivity index (χ0) is 16.8. The minimum Gasteiger partial charge on any atom is -0.486 e. The third-order valence-corrected chi connectivity index (χ3v) is 4.21. The molecule has 0 atom stereocenters. The number of furan rings is 1. The second-order valence-corrected chi connectivity index (χ2v) is 5.99. The Balaban J connectivity index is 1.60. The van der Waals surface area contributed by atoms with Gasteiger partial charge < -0.3 is 19.2 Å². The topological polar surface area (TPSA) is 69.4 Å². The summed E-state index contributed by atoms with van der Waals surface area (Å²) in [6.45, 7) is 3.16. The SMILES string of the molecule is Cc1ccc2c(c1)oc1c(Nc3ccc4c(c3)OCCO4)ncnc12.